The van der Waals surface area contributed by atoms with E-state index in [9.17, 15) is 9.59 Å². The van der Waals surface area contributed by atoms with Crippen LogP contribution in [-0.4, -0.2) is 11.8 Å². The number of nitrogens with one attached hydrogen (secondary N) is 2. The van der Waals surface area contributed by atoms with Gasteiger partial charge < -0.3 is 10.6 Å². The van der Waals surface area contributed by atoms with E-state index in [-0.39, 0.29) is 11.5 Å². The zero-order chi connectivity index (χ0) is 17.7. The Morgan fingerprint density at radius 2 is 1.92 bits per heavy atom. The van der Waals surface area contributed by atoms with Crippen molar-refractivity contribution in [3.05, 3.63) is 52.2 Å². The van der Waals surface area contributed by atoms with Crippen LogP contribution in [0.3, 0.4) is 0 Å². The second-order valence-electron chi connectivity index (χ2n) is 6.47. The summed E-state index contributed by atoms with van der Waals surface area (Å²) in [5.41, 5.74) is 0.915. The minimum atomic E-state index is -0.713. The molecule has 1 aromatic carbocycles. The molecule has 2 rings (SSSR count). The number of terminal acetylenes is 1. The number of benzene rings is 1. The molecule has 4 nitrogen and oxygen atoms in total. The quantitative estimate of drug-likeness (QED) is 0.663. The number of hydrogen-bond donors (Lipinski definition) is 2. The molecule has 0 aliphatic carbocycles. The van der Waals surface area contributed by atoms with Crippen molar-refractivity contribution < 1.29 is 9.59 Å². The van der Waals surface area contributed by atoms with Gasteiger partial charge in [0, 0.05) is 16.1 Å². The van der Waals surface area contributed by atoms with E-state index >= 15 is 0 Å². The number of anilines is 1. The molecule has 2 amide bonds. The lowest BCUT2D eigenvalue weighted by Crippen LogP contribution is -2.42. The summed E-state index contributed by atoms with van der Waals surface area (Å²) in [7, 11) is 0. The maximum atomic E-state index is 12.3. The molecule has 0 aliphatic rings. The lowest BCUT2D eigenvalue weighted by atomic mass is 9.85. The van der Waals surface area contributed by atoms with Crippen LogP contribution in [0.25, 0.3) is 0 Å². The average Bonchev–Trinajstić information content (AvgIpc) is 3.05. The van der Waals surface area contributed by atoms with Crippen LogP contribution in [0, 0.1) is 17.8 Å². The molecule has 124 valence electrons. The van der Waals surface area contributed by atoms with Crippen molar-refractivity contribution in [2.24, 2.45) is 5.41 Å². The van der Waals surface area contributed by atoms with Gasteiger partial charge in [-0.05, 0) is 35.1 Å². The minimum absolute atomic E-state index is 0.218. The van der Waals surface area contributed by atoms with Crippen LogP contribution in [0.5, 0.6) is 0 Å². The molecular formula is C19H20N2O2S. The summed E-state index contributed by atoms with van der Waals surface area (Å²) in [5, 5.41) is 7.35. The molecule has 0 spiro atoms. The van der Waals surface area contributed by atoms with Gasteiger partial charge in [0.15, 0.2) is 0 Å². The summed E-state index contributed by atoms with van der Waals surface area (Å²) in [5.74, 6) is 1.11. The number of rotatable bonds is 3. The number of carbonyl (C=O) groups excluding carboxylic acids is 2. The molecule has 1 atom stereocenters. The highest BCUT2D eigenvalue weighted by Crippen LogP contribution is 2.35. The van der Waals surface area contributed by atoms with Crippen LogP contribution in [-0.2, 0) is 9.59 Å². The van der Waals surface area contributed by atoms with Crippen LogP contribution in [0.4, 0.5) is 5.69 Å². The molecule has 24 heavy (non-hydrogen) atoms. The fourth-order valence-corrected chi connectivity index (χ4v) is 3.26. The van der Waals surface area contributed by atoms with Crippen LogP contribution >= 0.6 is 11.3 Å². The molecule has 0 fully saturated rings. The van der Waals surface area contributed by atoms with E-state index in [2.05, 4.69) is 16.6 Å². The van der Waals surface area contributed by atoms with Crippen molar-refractivity contribution in [1.82, 2.24) is 5.32 Å². The fraction of sp³-hybridized carbons (Fsp3) is 0.263. The Bertz CT molecular complexity index is 767. The molecule has 0 unspecified atom stereocenters. The van der Waals surface area contributed by atoms with Crippen LogP contribution in [0.2, 0.25) is 0 Å². The summed E-state index contributed by atoms with van der Waals surface area (Å²) in [6.07, 6.45) is 5.34. The zero-order valence-electron chi connectivity index (χ0n) is 13.9. The molecule has 2 aromatic rings. The largest absolute Gasteiger partial charge is 0.340 e. The minimum Gasteiger partial charge on any atom is -0.340 e. The van der Waals surface area contributed by atoms with Crippen molar-refractivity contribution in [3.63, 3.8) is 0 Å². The van der Waals surface area contributed by atoms with Crippen molar-refractivity contribution >= 4 is 28.8 Å². The first-order chi connectivity index (χ1) is 11.3. The van der Waals surface area contributed by atoms with E-state index in [1.807, 2.05) is 38.3 Å². The number of thiophene rings is 1. The normalized spacial score (nSPS) is 12.1. The first kappa shape index (κ1) is 17.8. The first-order valence-electron chi connectivity index (χ1n) is 7.53. The van der Waals surface area contributed by atoms with Crippen molar-refractivity contribution in [3.8, 4) is 12.3 Å². The molecular weight excluding hydrogens is 320 g/mol. The lowest BCUT2D eigenvalue weighted by Gasteiger charge is -2.30. The highest BCUT2D eigenvalue weighted by Gasteiger charge is 2.30. The monoisotopic (exact) mass is 340 g/mol. The van der Waals surface area contributed by atoms with Crippen molar-refractivity contribution in [1.29, 1.82) is 0 Å². The molecule has 0 aliphatic heterocycles. The fourth-order valence-electron chi connectivity index (χ4n) is 2.24. The van der Waals surface area contributed by atoms with E-state index in [1.165, 1.54) is 0 Å². The Balaban J connectivity index is 2.09. The van der Waals surface area contributed by atoms with Crippen molar-refractivity contribution in [2.75, 3.05) is 5.32 Å². The highest BCUT2D eigenvalue weighted by atomic mass is 32.1. The Morgan fingerprint density at radius 1 is 1.17 bits per heavy atom. The van der Waals surface area contributed by atoms with E-state index in [0.29, 0.717) is 11.3 Å². The van der Waals surface area contributed by atoms with Gasteiger partial charge in [-0.2, -0.15) is 0 Å². The van der Waals surface area contributed by atoms with Crippen LogP contribution in [0.1, 0.15) is 37.3 Å². The van der Waals surface area contributed by atoms with Gasteiger partial charge in [-0.1, -0.05) is 38.8 Å². The molecule has 1 aromatic heterocycles. The molecule has 1 heterocycles. The van der Waals surface area contributed by atoms with E-state index in [4.69, 9.17) is 6.42 Å². The summed E-state index contributed by atoms with van der Waals surface area (Å²) >= 11 is 1.55. The van der Waals surface area contributed by atoms with Gasteiger partial charge in [-0.3, -0.25) is 9.59 Å². The third-order valence-corrected chi connectivity index (χ3v) is 4.40. The van der Waals surface area contributed by atoms with Crippen LogP contribution in [0.15, 0.2) is 41.8 Å². The van der Waals surface area contributed by atoms with E-state index < -0.39 is 11.8 Å². The second kappa shape index (κ2) is 7.33. The molecule has 0 bridgehead atoms. The van der Waals surface area contributed by atoms with Crippen LogP contribution < -0.4 is 10.6 Å². The first-order valence-corrected chi connectivity index (χ1v) is 8.41. The summed E-state index contributed by atoms with van der Waals surface area (Å²) in [6.45, 7) is 6.06. The Kier molecular flexibility index (Phi) is 5.42. The van der Waals surface area contributed by atoms with Gasteiger partial charge in [0.05, 0.1) is 6.04 Å². The average molecular weight is 340 g/mol. The van der Waals surface area contributed by atoms with E-state index in [0.717, 1.165) is 4.88 Å². The van der Waals surface area contributed by atoms with Gasteiger partial charge >= 0.3 is 11.8 Å². The highest BCUT2D eigenvalue weighted by molar-refractivity contribution is 7.10. The topological polar surface area (TPSA) is 58.2 Å². The van der Waals surface area contributed by atoms with Gasteiger partial charge in [-0.15, -0.1) is 17.8 Å². The zero-order valence-corrected chi connectivity index (χ0v) is 14.7. The van der Waals surface area contributed by atoms with Gasteiger partial charge in [0.1, 0.15) is 0 Å². The number of amides is 2. The maximum Gasteiger partial charge on any atom is 0.313 e. The molecule has 2 N–H and O–H groups in total. The Labute approximate surface area is 146 Å². The SMILES string of the molecule is C#Cc1cccc(NC(=O)C(=O)N[C@@H](c2cccs2)C(C)(C)C)c1. The summed E-state index contributed by atoms with van der Waals surface area (Å²) in [6, 6.07) is 10.4. The Morgan fingerprint density at radius 3 is 2.50 bits per heavy atom. The number of hydrogen-bond acceptors (Lipinski definition) is 3. The standard InChI is InChI=1S/C19H20N2O2S/c1-5-13-8-6-9-14(12-13)20-17(22)18(23)21-16(19(2,3)4)15-10-7-11-24-15/h1,6-12,16H,2-4H3,(H,20,22)(H,21,23)/t16-/m0/s1. The molecule has 5 heteroatoms. The van der Waals surface area contributed by atoms with Gasteiger partial charge in [0.2, 0.25) is 0 Å². The smallest absolute Gasteiger partial charge is 0.313 e. The predicted octanol–water partition coefficient (Wildman–Crippen LogP) is 3.57. The second-order valence-corrected chi connectivity index (χ2v) is 7.45. The third-order valence-electron chi connectivity index (χ3n) is 3.46. The summed E-state index contributed by atoms with van der Waals surface area (Å²) in [4.78, 5) is 25.5. The lowest BCUT2D eigenvalue weighted by molar-refractivity contribution is -0.137. The van der Waals surface area contributed by atoms with Gasteiger partial charge in [-0.25, -0.2) is 0 Å². The Hall–Kier alpha value is -2.58. The molecule has 0 radical (unpaired) electrons. The molecule has 0 saturated carbocycles. The maximum absolute atomic E-state index is 12.3. The third kappa shape index (κ3) is 4.46. The predicted molar refractivity (Wildman–Crippen MR) is 97.7 cm³/mol. The number of carbonyl (C=O) groups is 2. The molecule has 0 saturated heterocycles. The summed E-state index contributed by atoms with van der Waals surface area (Å²) < 4.78 is 0. The van der Waals surface area contributed by atoms with Crippen molar-refractivity contribution in [2.45, 2.75) is 26.8 Å². The van der Waals surface area contributed by atoms with Gasteiger partial charge in [0.25, 0.3) is 0 Å². The van der Waals surface area contributed by atoms with E-state index in [1.54, 1.807) is 35.6 Å².